The Balaban J connectivity index is 0.00000462. The molecule has 0 bridgehead atoms. The molecule has 0 saturated carbocycles. The lowest BCUT2D eigenvalue weighted by Gasteiger charge is -2.10. The average molecular weight is 581 g/mol. The van der Waals surface area contributed by atoms with Crippen molar-refractivity contribution in [3.63, 3.8) is 0 Å². The SMILES string of the molecule is Cc1ccc(F)c(CC(=O)Nc2ccc(-c3cccc4[nH]nc(NC(=O)CNC(=O)C[C@H](N)C(=O)O)c34)cc2)c1.S. The van der Waals surface area contributed by atoms with Crippen molar-refractivity contribution >= 4 is 59.6 Å². The summed E-state index contributed by atoms with van der Waals surface area (Å²) >= 11 is 0. The summed E-state index contributed by atoms with van der Waals surface area (Å²) in [5.74, 6) is -3.10. The van der Waals surface area contributed by atoms with Gasteiger partial charge in [0.25, 0.3) is 0 Å². The molecule has 0 aliphatic carbocycles. The van der Waals surface area contributed by atoms with Gasteiger partial charge in [0.1, 0.15) is 11.9 Å². The van der Waals surface area contributed by atoms with Gasteiger partial charge in [-0.15, -0.1) is 0 Å². The molecule has 4 aromatic rings. The Labute approximate surface area is 241 Å². The fourth-order valence-electron chi connectivity index (χ4n) is 4.07. The monoisotopic (exact) mass is 580 g/mol. The predicted octanol–water partition coefficient (Wildman–Crippen LogP) is 2.83. The highest BCUT2D eigenvalue weighted by Gasteiger charge is 2.18. The van der Waals surface area contributed by atoms with Crippen molar-refractivity contribution in [1.29, 1.82) is 0 Å². The van der Waals surface area contributed by atoms with E-state index in [0.717, 1.165) is 16.7 Å². The van der Waals surface area contributed by atoms with Crippen LogP contribution in [0.4, 0.5) is 15.9 Å². The van der Waals surface area contributed by atoms with Crippen LogP contribution in [0.15, 0.2) is 60.7 Å². The van der Waals surface area contributed by atoms with Crippen LogP contribution in [-0.2, 0) is 25.6 Å². The van der Waals surface area contributed by atoms with E-state index < -0.39 is 42.6 Å². The van der Waals surface area contributed by atoms with Crippen molar-refractivity contribution in [3.8, 4) is 11.1 Å². The molecule has 1 heterocycles. The van der Waals surface area contributed by atoms with E-state index in [4.69, 9.17) is 10.8 Å². The maximum atomic E-state index is 14.0. The number of aryl methyl sites for hydroxylation is 1. The van der Waals surface area contributed by atoms with E-state index in [1.807, 2.05) is 19.1 Å². The summed E-state index contributed by atoms with van der Waals surface area (Å²) in [4.78, 5) is 47.5. The van der Waals surface area contributed by atoms with E-state index in [1.165, 1.54) is 6.07 Å². The van der Waals surface area contributed by atoms with Gasteiger partial charge in [-0.05, 0) is 47.9 Å². The fourth-order valence-corrected chi connectivity index (χ4v) is 4.07. The third-order valence-electron chi connectivity index (χ3n) is 6.05. The number of H-pyrrole nitrogens is 1. The van der Waals surface area contributed by atoms with Crippen molar-refractivity contribution in [2.24, 2.45) is 5.73 Å². The van der Waals surface area contributed by atoms with Crippen molar-refractivity contribution < 1.29 is 28.7 Å². The Morgan fingerprint density at radius 2 is 1.73 bits per heavy atom. The molecule has 7 N–H and O–H groups in total. The van der Waals surface area contributed by atoms with Crippen LogP contribution in [0, 0.1) is 12.7 Å². The lowest BCUT2D eigenvalue weighted by Crippen LogP contribution is -2.39. The van der Waals surface area contributed by atoms with Crippen molar-refractivity contribution in [2.45, 2.75) is 25.8 Å². The number of fused-ring (bicyclic) bond motifs is 1. The van der Waals surface area contributed by atoms with Gasteiger partial charge in [-0.2, -0.15) is 18.6 Å². The fraction of sp³-hybridized carbons (Fsp3) is 0.179. The van der Waals surface area contributed by atoms with Crippen LogP contribution < -0.4 is 21.7 Å². The van der Waals surface area contributed by atoms with Gasteiger partial charge in [0.05, 0.1) is 30.3 Å². The Bertz CT molecular complexity index is 1590. The largest absolute Gasteiger partial charge is 0.480 e. The molecule has 3 aromatic carbocycles. The molecular formula is C28H29FN6O5S. The van der Waals surface area contributed by atoms with E-state index in [0.29, 0.717) is 22.2 Å². The van der Waals surface area contributed by atoms with E-state index in [-0.39, 0.29) is 31.6 Å². The van der Waals surface area contributed by atoms with E-state index in [2.05, 4.69) is 26.1 Å². The van der Waals surface area contributed by atoms with Gasteiger partial charge in [-0.3, -0.25) is 24.3 Å². The number of benzene rings is 3. The Morgan fingerprint density at radius 3 is 2.44 bits per heavy atom. The standard InChI is InChI=1S/C28H27FN6O5.H2S/c1-15-5-10-20(29)17(11-15)12-24(37)32-18-8-6-16(7-9-18)19-3-2-4-22-26(19)27(35-34-22)33-25(38)14-31-23(36)13-21(30)28(39)40;/h2-11,21H,12-14,30H2,1H3,(H,31,36)(H,32,37)(H,39,40)(H2,33,34,35,38);1H2/t21-;/m0./s1. The van der Waals surface area contributed by atoms with Gasteiger partial charge < -0.3 is 26.8 Å². The number of rotatable bonds is 10. The number of aromatic amines is 1. The van der Waals surface area contributed by atoms with Crippen LogP contribution in [0.3, 0.4) is 0 Å². The number of carboxylic acids is 1. The number of hydrogen-bond donors (Lipinski definition) is 6. The minimum Gasteiger partial charge on any atom is -0.480 e. The molecule has 1 atom stereocenters. The first kappa shape index (κ1) is 30.8. The number of anilines is 2. The van der Waals surface area contributed by atoms with Gasteiger partial charge in [0.15, 0.2) is 5.82 Å². The van der Waals surface area contributed by atoms with Gasteiger partial charge in [0.2, 0.25) is 17.7 Å². The topological polar surface area (TPSA) is 179 Å². The van der Waals surface area contributed by atoms with Gasteiger partial charge in [0, 0.05) is 5.69 Å². The number of carboxylic acid groups (broad SMARTS) is 1. The number of hydrogen-bond acceptors (Lipinski definition) is 6. The summed E-state index contributed by atoms with van der Waals surface area (Å²) in [6.45, 7) is 1.43. The molecular weight excluding hydrogens is 551 g/mol. The number of carbonyl (C=O) groups excluding carboxylic acids is 3. The second kappa shape index (κ2) is 13.5. The van der Waals surface area contributed by atoms with Crippen LogP contribution in [0.25, 0.3) is 22.0 Å². The molecule has 0 aliphatic heterocycles. The molecule has 0 aliphatic rings. The van der Waals surface area contributed by atoms with Crippen LogP contribution in [-0.4, -0.2) is 51.6 Å². The minimum atomic E-state index is -1.36. The van der Waals surface area contributed by atoms with Crippen molar-refractivity contribution in [1.82, 2.24) is 15.5 Å². The van der Waals surface area contributed by atoms with Gasteiger partial charge in [-0.25, -0.2) is 4.39 Å². The van der Waals surface area contributed by atoms with E-state index in [9.17, 15) is 23.6 Å². The maximum absolute atomic E-state index is 14.0. The van der Waals surface area contributed by atoms with Crippen molar-refractivity contribution in [2.75, 3.05) is 17.2 Å². The third kappa shape index (κ3) is 7.90. The van der Waals surface area contributed by atoms with Crippen molar-refractivity contribution in [3.05, 3.63) is 77.6 Å². The lowest BCUT2D eigenvalue weighted by atomic mass is 10.0. The average Bonchev–Trinajstić information content (AvgIpc) is 3.32. The third-order valence-corrected chi connectivity index (χ3v) is 6.05. The Kier molecular flexibility index (Phi) is 10.2. The Morgan fingerprint density at radius 1 is 1.00 bits per heavy atom. The van der Waals surface area contributed by atoms with Crippen LogP contribution in [0.2, 0.25) is 0 Å². The molecule has 3 amide bonds. The lowest BCUT2D eigenvalue weighted by molar-refractivity contribution is -0.140. The molecule has 0 radical (unpaired) electrons. The number of aliphatic carboxylic acids is 1. The van der Waals surface area contributed by atoms with Crippen LogP contribution in [0.1, 0.15) is 17.5 Å². The predicted molar refractivity (Wildman–Crippen MR) is 157 cm³/mol. The number of nitrogens with zero attached hydrogens (tertiary/aromatic N) is 1. The minimum absolute atomic E-state index is 0. The normalized spacial score (nSPS) is 11.3. The number of amides is 3. The molecule has 1 aromatic heterocycles. The smallest absolute Gasteiger partial charge is 0.321 e. The highest BCUT2D eigenvalue weighted by molar-refractivity contribution is 7.59. The first-order valence-corrected chi connectivity index (χ1v) is 12.3. The Hall–Kier alpha value is -4.75. The van der Waals surface area contributed by atoms with Gasteiger partial charge in [-0.1, -0.05) is 42.0 Å². The second-order valence-electron chi connectivity index (χ2n) is 9.17. The summed E-state index contributed by atoms with van der Waals surface area (Å²) in [6.07, 6.45) is -0.559. The summed E-state index contributed by atoms with van der Waals surface area (Å²) in [5.41, 5.74) is 9.23. The number of carbonyl (C=O) groups is 4. The van der Waals surface area contributed by atoms with Gasteiger partial charge >= 0.3 is 5.97 Å². The van der Waals surface area contributed by atoms with E-state index in [1.54, 1.807) is 42.5 Å². The van der Waals surface area contributed by atoms with Crippen LogP contribution >= 0.6 is 13.5 Å². The highest BCUT2D eigenvalue weighted by atomic mass is 32.1. The first-order valence-electron chi connectivity index (χ1n) is 12.3. The molecule has 4 rings (SSSR count). The number of halogens is 1. The summed E-state index contributed by atoms with van der Waals surface area (Å²) < 4.78 is 14.0. The molecule has 11 nitrogen and oxygen atoms in total. The molecule has 41 heavy (non-hydrogen) atoms. The van der Waals surface area contributed by atoms with E-state index >= 15 is 0 Å². The summed E-state index contributed by atoms with van der Waals surface area (Å²) in [5, 5.41) is 24.2. The molecule has 0 fully saturated rings. The number of nitrogens with one attached hydrogen (secondary N) is 4. The molecule has 13 heteroatoms. The molecule has 214 valence electrons. The number of aromatic nitrogens is 2. The molecule has 0 spiro atoms. The molecule has 0 unspecified atom stereocenters. The summed E-state index contributed by atoms with van der Waals surface area (Å²) in [7, 11) is 0. The zero-order valence-electron chi connectivity index (χ0n) is 22.0. The first-order chi connectivity index (χ1) is 19.1. The number of nitrogens with two attached hydrogens (primary N) is 1. The summed E-state index contributed by atoms with van der Waals surface area (Å²) in [6, 6.07) is 15.7. The molecule has 0 saturated heterocycles. The maximum Gasteiger partial charge on any atom is 0.321 e. The zero-order chi connectivity index (χ0) is 28.8. The second-order valence-corrected chi connectivity index (χ2v) is 9.17. The quantitative estimate of drug-likeness (QED) is 0.167. The van der Waals surface area contributed by atoms with Crippen LogP contribution in [0.5, 0.6) is 0 Å². The highest BCUT2D eigenvalue weighted by Crippen LogP contribution is 2.33. The zero-order valence-corrected chi connectivity index (χ0v) is 23.0.